The van der Waals surface area contributed by atoms with Crippen LogP contribution in [-0.4, -0.2) is 85.6 Å². The van der Waals surface area contributed by atoms with Crippen molar-refractivity contribution in [2.24, 2.45) is 5.73 Å². The quantitative estimate of drug-likeness (QED) is 0.296. The molecule has 1 aliphatic heterocycles. The van der Waals surface area contributed by atoms with Crippen molar-refractivity contribution in [1.82, 2.24) is 29.7 Å². The number of aliphatic hydroxyl groups is 1. The summed E-state index contributed by atoms with van der Waals surface area (Å²) in [4.78, 5) is 34.1. The van der Waals surface area contributed by atoms with Crippen molar-refractivity contribution in [3.8, 4) is 11.4 Å². The highest BCUT2D eigenvalue weighted by Gasteiger charge is 2.34. The van der Waals surface area contributed by atoms with E-state index in [-0.39, 0.29) is 12.5 Å². The van der Waals surface area contributed by atoms with Crippen LogP contribution < -0.4 is 11.1 Å². The summed E-state index contributed by atoms with van der Waals surface area (Å²) in [6, 6.07) is 12.0. The van der Waals surface area contributed by atoms with Gasteiger partial charge in [-0.25, -0.2) is 15.0 Å². The third kappa shape index (κ3) is 4.62. The number of aromatic amines is 1. The van der Waals surface area contributed by atoms with Gasteiger partial charge in [0.1, 0.15) is 5.52 Å². The number of benzene rings is 1. The van der Waals surface area contributed by atoms with E-state index in [2.05, 4.69) is 20.1 Å². The minimum absolute atomic E-state index is 0.0144. The molecule has 188 valence electrons. The van der Waals surface area contributed by atoms with Crippen LogP contribution in [0.3, 0.4) is 0 Å². The third-order valence-electron chi connectivity index (χ3n) is 6.99. The molecular formula is C26H32N8O2. The molecule has 4 aromatic rings. The molecule has 1 saturated heterocycles. The first-order valence-electron chi connectivity index (χ1n) is 12.2. The van der Waals surface area contributed by atoms with Gasteiger partial charge < -0.3 is 21.1 Å². The summed E-state index contributed by atoms with van der Waals surface area (Å²) in [5.74, 6) is 0.898. The number of aliphatic hydroxyl groups excluding tert-OH is 1. The number of amides is 1. The molecule has 10 heteroatoms. The Kier molecular flexibility index (Phi) is 6.57. The van der Waals surface area contributed by atoms with E-state index < -0.39 is 5.54 Å². The number of H-pyrrole nitrogens is 1. The van der Waals surface area contributed by atoms with Crippen LogP contribution in [0, 0.1) is 0 Å². The van der Waals surface area contributed by atoms with Crippen LogP contribution in [0.1, 0.15) is 19.5 Å². The normalized spacial score (nSPS) is 15.5. The van der Waals surface area contributed by atoms with Gasteiger partial charge in [-0.15, -0.1) is 0 Å². The average Bonchev–Trinajstić information content (AvgIpc) is 3.32. The molecule has 0 unspecified atom stereocenters. The number of anilines is 1. The molecule has 1 fully saturated rings. The largest absolute Gasteiger partial charge is 0.395 e. The number of nitrogens with two attached hydrogens (primary N) is 1. The molecule has 1 aliphatic rings. The van der Waals surface area contributed by atoms with E-state index in [0.29, 0.717) is 30.2 Å². The second kappa shape index (κ2) is 9.81. The highest BCUT2D eigenvalue weighted by molar-refractivity contribution is 5.96. The highest BCUT2D eigenvalue weighted by atomic mass is 16.3. The number of hydrogen-bond donors (Lipinski definition) is 4. The molecule has 10 nitrogen and oxygen atoms in total. The summed E-state index contributed by atoms with van der Waals surface area (Å²) in [6.45, 7) is 7.97. The lowest BCUT2D eigenvalue weighted by Crippen LogP contribution is -2.59. The zero-order chi connectivity index (χ0) is 25.3. The molecule has 5 N–H and O–H groups in total. The van der Waals surface area contributed by atoms with Gasteiger partial charge in [-0.3, -0.25) is 14.6 Å². The first-order chi connectivity index (χ1) is 17.4. The summed E-state index contributed by atoms with van der Waals surface area (Å²) in [5, 5.41) is 13.7. The van der Waals surface area contributed by atoms with E-state index in [1.54, 1.807) is 0 Å². The van der Waals surface area contributed by atoms with Gasteiger partial charge in [0.15, 0.2) is 11.6 Å². The number of nitrogens with one attached hydrogen (secondary N) is 2. The minimum atomic E-state index is -0.652. The number of carbonyl (C=O) groups is 1. The maximum Gasteiger partial charge on any atom is 0.237 e. The molecule has 0 atom stereocenters. The van der Waals surface area contributed by atoms with Crippen LogP contribution in [0.2, 0.25) is 0 Å². The van der Waals surface area contributed by atoms with Crippen molar-refractivity contribution >= 4 is 33.7 Å². The third-order valence-corrected chi connectivity index (χ3v) is 6.99. The summed E-state index contributed by atoms with van der Waals surface area (Å²) >= 11 is 0. The van der Waals surface area contributed by atoms with Crippen LogP contribution in [0.5, 0.6) is 0 Å². The number of fused-ring (bicyclic) bond motifs is 2. The first kappa shape index (κ1) is 24.1. The van der Waals surface area contributed by atoms with E-state index >= 15 is 0 Å². The lowest BCUT2D eigenvalue weighted by molar-refractivity contribution is -0.129. The summed E-state index contributed by atoms with van der Waals surface area (Å²) < 4.78 is 0. The monoisotopic (exact) mass is 488 g/mol. The standard InChI is InChI=1S/C26H32N8O2/c1-26(2,25(27)36)34-12-10-33(11-13-34)16-17-7-8-21-22(30-17)24(28-9-14-35)32-23(31-21)19-15-29-20-6-4-3-5-18(19)20/h3-8,15,29,35H,9-14,16H2,1-2H3,(H2,27,36)(H,28,31,32). The lowest BCUT2D eigenvalue weighted by Gasteiger charge is -2.42. The second-order valence-electron chi connectivity index (χ2n) is 9.65. The number of carbonyl (C=O) groups excluding carboxylic acids is 1. The highest BCUT2D eigenvalue weighted by Crippen LogP contribution is 2.29. The number of pyridine rings is 1. The SMILES string of the molecule is CC(C)(C(N)=O)N1CCN(Cc2ccc3nc(-c4c[nH]c5ccccc45)nc(NCCO)c3n2)CC1. The fraction of sp³-hybridized carbons (Fsp3) is 0.385. The number of para-hydroxylation sites is 1. The zero-order valence-corrected chi connectivity index (χ0v) is 20.7. The Morgan fingerprint density at radius 1 is 1.11 bits per heavy atom. The molecule has 0 aliphatic carbocycles. The Bertz CT molecular complexity index is 1390. The molecule has 4 heterocycles. The van der Waals surface area contributed by atoms with E-state index in [0.717, 1.165) is 53.9 Å². The predicted molar refractivity (Wildman–Crippen MR) is 140 cm³/mol. The van der Waals surface area contributed by atoms with Crippen molar-refractivity contribution in [3.05, 3.63) is 48.3 Å². The molecule has 0 bridgehead atoms. The molecule has 3 aromatic heterocycles. The van der Waals surface area contributed by atoms with Crippen LogP contribution >= 0.6 is 0 Å². The minimum Gasteiger partial charge on any atom is -0.395 e. The van der Waals surface area contributed by atoms with Crippen LogP contribution in [0.15, 0.2) is 42.6 Å². The van der Waals surface area contributed by atoms with Gasteiger partial charge in [0.25, 0.3) is 0 Å². The number of nitrogens with zero attached hydrogens (tertiary/aromatic N) is 5. The number of aromatic nitrogens is 4. The Morgan fingerprint density at radius 3 is 2.64 bits per heavy atom. The van der Waals surface area contributed by atoms with Crippen LogP contribution in [0.25, 0.3) is 33.3 Å². The van der Waals surface area contributed by atoms with E-state index in [1.165, 1.54) is 0 Å². The van der Waals surface area contributed by atoms with Gasteiger partial charge in [0, 0.05) is 61.9 Å². The van der Waals surface area contributed by atoms with Gasteiger partial charge in [0.05, 0.1) is 23.4 Å². The van der Waals surface area contributed by atoms with Crippen molar-refractivity contribution in [2.75, 3.05) is 44.6 Å². The van der Waals surface area contributed by atoms with Crippen molar-refractivity contribution in [3.63, 3.8) is 0 Å². The zero-order valence-electron chi connectivity index (χ0n) is 20.7. The predicted octanol–water partition coefficient (Wildman–Crippen LogP) is 1.96. The van der Waals surface area contributed by atoms with Gasteiger partial charge in [-0.1, -0.05) is 18.2 Å². The Labute approximate surface area is 209 Å². The number of piperazine rings is 1. The maximum absolute atomic E-state index is 11.8. The Balaban J connectivity index is 1.40. The molecule has 1 aromatic carbocycles. The lowest BCUT2D eigenvalue weighted by atomic mass is 10.0. The molecule has 36 heavy (non-hydrogen) atoms. The van der Waals surface area contributed by atoms with Gasteiger partial charge in [-0.2, -0.15) is 0 Å². The molecular weight excluding hydrogens is 456 g/mol. The number of rotatable bonds is 8. The van der Waals surface area contributed by atoms with Gasteiger partial charge >= 0.3 is 0 Å². The van der Waals surface area contributed by atoms with E-state index in [4.69, 9.17) is 20.7 Å². The summed E-state index contributed by atoms with van der Waals surface area (Å²) in [5.41, 5.74) is 9.21. The summed E-state index contributed by atoms with van der Waals surface area (Å²) in [6.07, 6.45) is 1.92. The number of hydrogen-bond acceptors (Lipinski definition) is 8. The van der Waals surface area contributed by atoms with Crippen LogP contribution in [-0.2, 0) is 11.3 Å². The van der Waals surface area contributed by atoms with Gasteiger partial charge in [0.2, 0.25) is 5.91 Å². The fourth-order valence-corrected chi connectivity index (χ4v) is 4.67. The average molecular weight is 489 g/mol. The topological polar surface area (TPSA) is 136 Å². The number of primary amides is 1. The van der Waals surface area contributed by atoms with E-state index in [1.807, 2.05) is 56.4 Å². The Morgan fingerprint density at radius 2 is 1.89 bits per heavy atom. The van der Waals surface area contributed by atoms with Crippen molar-refractivity contribution < 1.29 is 9.90 Å². The van der Waals surface area contributed by atoms with Crippen LogP contribution in [0.4, 0.5) is 5.82 Å². The maximum atomic E-state index is 11.8. The van der Waals surface area contributed by atoms with E-state index in [9.17, 15) is 9.90 Å². The Hall–Kier alpha value is -3.60. The molecule has 0 spiro atoms. The molecule has 5 rings (SSSR count). The molecule has 0 saturated carbocycles. The second-order valence-corrected chi connectivity index (χ2v) is 9.65. The molecule has 0 radical (unpaired) electrons. The van der Waals surface area contributed by atoms with Crippen molar-refractivity contribution in [1.29, 1.82) is 0 Å². The smallest absolute Gasteiger partial charge is 0.237 e. The fourth-order valence-electron chi connectivity index (χ4n) is 4.67. The summed E-state index contributed by atoms with van der Waals surface area (Å²) in [7, 11) is 0. The van der Waals surface area contributed by atoms with Crippen molar-refractivity contribution in [2.45, 2.75) is 25.9 Å². The van der Waals surface area contributed by atoms with Gasteiger partial charge in [-0.05, 0) is 32.0 Å². The molecule has 1 amide bonds. The first-order valence-corrected chi connectivity index (χ1v) is 12.2.